The Morgan fingerprint density at radius 1 is 1.10 bits per heavy atom. The number of nitro benzene ring substituents is 1. The van der Waals surface area contributed by atoms with Gasteiger partial charge < -0.3 is 19.9 Å². The van der Waals surface area contributed by atoms with Crippen LogP contribution in [0.4, 0.5) is 16.2 Å². The van der Waals surface area contributed by atoms with Crippen molar-refractivity contribution in [1.29, 1.82) is 0 Å². The van der Waals surface area contributed by atoms with Crippen LogP contribution in [-0.4, -0.2) is 60.3 Å². The lowest BCUT2D eigenvalue weighted by molar-refractivity contribution is -0.384. The van der Waals surface area contributed by atoms with Crippen molar-refractivity contribution in [3.8, 4) is 0 Å². The maximum absolute atomic E-state index is 12.0. The smallest absolute Gasteiger partial charge is 0.407 e. The monoisotopic (exact) mass is 432 g/mol. The first-order valence-electron chi connectivity index (χ1n) is 11.4. The molecule has 1 aliphatic heterocycles. The maximum atomic E-state index is 12.0. The second-order valence-corrected chi connectivity index (χ2v) is 9.78. The number of carbonyl (C=O) groups excluding carboxylic acids is 1. The summed E-state index contributed by atoms with van der Waals surface area (Å²) >= 11 is 0. The molecule has 8 heteroatoms. The maximum Gasteiger partial charge on any atom is 0.407 e. The van der Waals surface area contributed by atoms with E-state index in [0.29, 0.717) is 5.92 Å². The number of nitrogens with zero attached hydrogens (tertiary/aromatic N) is 3. The first-order chi connectivity index (χ1) is 14.7. The predicted octanol–water partition coefficient (Wildman–Crippen LogP) is 4.19. The van der Waals surface area contributed by atoms with Crippen LogP contribution in [0.15, 0.2) is 24.3 Å². The molecule has 3 rings (SSSR count). The average Bonchev–Trinajstić information content (AvgIpc) is 2.94. The van der Waals surface area contributed by atoms with Gasteiger partial charge in [0.1, 0.15) is 5.60 Å². The number of hydrogen-bond donors (Lipinski definition) is 1. The van der Waals surface area contributed by atoms with Crippen LogP contribution in [0.3, 0.4) is 0 Å². The number of benzene rings is 1. The third-order valence-electron chi connectivity index (χ3n) is 6.10. The number of rotatable bonds is 5. The Morgan fingerprint density at radius 2 is 1.77 bits per heavy atom. The van der Waals surface area contributed by atoms with Crippen molar-refractivity contribution in [3.05, 3.63) is 34.4 Å². The third kappa shape index (κ3) is 7.38. The Kier molecular flexibility index (Phi) is 7.75. The fourth-order valence-corrected chi connectivity index (χ4v) is 4.53. The molecule has 0 radical (unpaired) electrons. The van der Waals surface area contributed by atoms with Gasteiger partial charge in [-0.1, -0.05) is 0 Å². The minimum absolute atomic E-state index is 0.136. The number of nitrogens with one attached hydrogen (secondary N) is 1. The van der Waals surface area contributed by atoms with Crippen LogP contribution in [0, 0.1) is 16.0 Å². The molecule has 1 amide bonds. The molecular formula is C23H36N4O4. The molecule has 2 aliphatic rings. The molecule has 8 nitrogen and oxygen atoms in total. The molecule has 0 bridgehead atoms. The van der Waals surface area contributed by atoms with Gasteiger partial charge in [0.05, 0.1) is 4.92 Å². The fourth-order valence-electron chi connectivity index (χ4n) is 4.53. The summed E-state index contributed by atoms with van der Waals surface area (Å²) in [5.41, 5.74) is 0.731. The fraction of sp³-hybridized carbons (Fsp3) is 0.696. The molecular weight excluding hydrogens is 396 g/mol. The number of carbonyl (C=O) groups is 1. The number of amides is 1. The summed E-state index contributed by atoms with van der Waals surface area (Å²) in [6, 6.07) is 7.09. The van der Waals surface area contributed by atoms with E-state index >= 15 is 0 Å². The SMILES string of the molecule is CC(C)(C)OC(=O)NC1CCC(CN2CCCN(c3ccc([N+](=O)[O-])cc3)CC2)CC1. The molecule has 1 heterocycles. The number of anilines is 1. The lowest BCUT2D eigenvalue weighted by Gasteiger charge is -2.33. The van der Waals surface area contributed by atoms with E-state index in [2.05, 4.69) is 15.1 Å². The molecule has 1 N–H and O–H groups in total. The molecule has 1 saturated heterocycles. The lowest BCUT2D eigenvalue weighted by atomic mass is 9.85. The molecule has 0 unspecified atom stereocenters. The van der Waals surface area contributed by atoms with Crippen molar-refractivity contribution in [3.63, 3.8) is 0 Å². The van der Waals surface area contributed by atoms with E-state index in [4.69, 9.17) is 4.74 Å². The highest BCUT2D eigenvalue weighted by atomic mass is 16.6. The van der Waals surface area contributed by atoms with Crippen LogP contribution < -0.4 is 10.2 Å². The first-order valence-corrected chi connectivity index (χ1v) is 11.4. The van der Waals surface area contributed by atoms with Crippen LogP contribution in [0.25, 0.3) is 0 Å². The first kappa shape index (κ1) is 23.3. The average molecular weight is 433 g/mol. The van der Waals surface area contributed by atoms with E-state index < -0.39 is 5.60 Å². The Bertz CT molecular complexity index is 739. The quantitative estimate of drug-likeness (QED) is 0.554. The third-order valence-corrected chi connectivity index (χ3v) is 6.10. The molecule has 0 aromatic heterocycles. The predicted molar refractivity (Wildman–Crippen MR) is 121 cm³/mol. The Balaban J connectivity index is 1.41. The Hall–Kier alpha value is -2.35. The zero-order valence-electron chi connectivity index (χ0n) is 19.0. The molecule has 1 aromatic rings. The van der Waals surface area contributed by atoms with Crippen molar-refractivity contribution in [1.82, 2.24) is 10.2 Å². The van der Waals surface area contributed by atoms with Gasteiger partial charge in [-0.05, 0) is 77.5 Å². The molecule has 172 valence electrons. The van der Waals surface area contributed by atoms with E-state index in [9.17, 15) is 14.9 Å². The number of alkyl carbamates (subject to hydrolysis) is 1. The van der Waals surface area contributed by atoms with E-state index in [0.717, 1.165) is 70.5 Å². The van der Waals surface area contributed by atoms with Crippen molar-refractivity contribution < 1.29 is 14.5 Å². The summed E-state index contributed by atoms with van der Waals surface area (Å²) in [7, 11) is 0. The van der Waals surface area contributed by atoms with Crippen LogP contribution in [0.5, 0.6) is 0 Å². The van der Waals surface area contributed by atoms with E-state index in [-0.39, 0.29) is 22.7 Å². The summed E-state index contributed by atoms with van der Waals surface area (Å²) < 4.78 is 5.37. The summed E-state index contributed by atoms with van der Waals surface area (Å²) in [6.07, 6.45) is 5.05. The van der Waals surface area contributed by atoms with Crippen molar-refractivity contribution >= 4 is 17.5 Å². The minimum atomic E-state index is -0.462. The molecule has 1 aromatic carbocycles. The van der Waals surface area contributed by atoms with Gasteiger partial charge >= 0.3 is 6.09 Å². The van der Waals surface area contributed by atoms with E-state index in [1.807, 2.05) is 32.9 Å². The lowest BCUT2D eigenvalue weighted by Crippen LogP contribution is -2.42. The second kappa shape index (κ2) is 10.3. The largest absolute Gasteiger partial charge is 0.444 e. The van der Waals surface area contributed by atoms with Gasteiger partial charge in [-0.25, -0.2) is 4.79 Å². The highest BCUT2D eigenvalue weighted by Crippen LogP contribution is 2.26. The molecule has 31 heavy (non-hydrogen) atoms. The van der Waals surface area contributed by atoms with Crippen molar-refractivity contribution in [2.24, 2.45) is 5.92 Å². The van der Waals surface area contributed by atoms with Crippen LogP contribution >= 0.6 is 0 Å². The van der Waals surface area contributed by atoms with Gasteiger partial charge in [0.15, 0.2) is 0 Å². The topological polar surface area (TPSA) is 88.0 Å². The Morgan fingerprint density at radius 3 is 2.39 bits per heavy atom. The number of nitro groups is 1. The van der Waals surface area contributed by atoms with Gasteiger partial charge in [-0.3, -0.25) is 10.1 Å². The normalized spacial score (nSPS) is 23.1. The standard InChI is InChI=1S/C23H36N4O4/c1-23(2,3)31-22(28)24-19-7-5-18(6-8-19)17-25-13-4-14-26(16-15-25)20-9-11-21(12-10-20)27(29)30/h9-12,18-19H,4-8,13-17H2,1-3H3,(H,24,28). The van der Waals surface area contributed by atoms with Crippen molar-refractivity contribution in [2.45, 2.75) is 64.5 Å². The van der Waals surface area contributed by atoms with Gasteiger partial charge in [0, 0.05) is 50.0 Å². The molecule has 0 atom stereocenters. The summed E-state index contributed by atoms with van der Waals surface area (Å²) in [5, 5.41) is 13.9. The van der Waals surface area contributed by atoms with Crippen LogP contribution in [0.1, 0.15) is 52.9 Å². The van der Waals surface area contributed by atoms with Gasteiger partial charge in [0.2, 0.25) is 0 Å². The molecule has 0 spiro atoms. The Labute approximate surface area is 185 Å². The summed E-state index contributed by atoms with van der Waals surface area (Å²) in [4.78, 5) is 27.4. The van der Waals surface area contributed by atoms with Crippen LogP contribution in [-0.2, 0) is 4.74 Å². The summed E-state index contributed by atoms with van der Waals surface area (Å²) in [5.74, 6) is 0.669. The molecule has 2 fully saturated rings. The molecule has 1 saturated carbocycles. The van der Waals surface area contributed by atoms with Gasteiger partial charge in [-0.2, -0.15) is 0 Å². The second-order valence-electron chi connectivity index (χ2n) is 9.78. The highest BCUT2D eigenvalue weighted by molar-refractivity contribution is 5.68. The summed E-state index contributed by atoms with van der Waals surface area (Å²) in [6.45, 7) is 10.8. The van der Waals surface area contributed by atoms with Crippen molar-refractivity contribution in [2.75, 3.05) is 37.6 Å². The number of non-ortho nitro benzene ring substituents is 1. The van der Waals surface area contributed by atoms with Gasteiger partial charge in [0.25, 0.3) is 5.69 Å². The van der Waals surface area contributed by atoms with Gasteiger partial charge in [-0.15, -0.1) is 0 Å². The number of ether oxygens (including phenoxy) is 1. The zero-order chi connectivity index (χ0) is 22.4. The molecule has 1 aliphatic carbocycles. The van der Waals surface area contributed by atoms with E-state index in [1.165, 1.54) is 0 Å². The van der Waals surface area contributed by atoms with E-state index in [1.54, 1.807) is 12.1 Å². The van der Waals surface area contributed by atoms with Crippen LogP contribution in [0.2, 0.25) is 0 Å². The minimum Gasteiger partial charge on any atom is -0.444 e. The number of hydrogen-bond acceptors (Lipinski definition) is 6. The highest BCUT2D eigenvalue weighted by Gasteiger charge is 2.26. The zero-order valence-corrected chi connectivity index (χ0v) is 19.0.